The maximum absolute atomic E-state index is 13.4. The molecule has 4 aromatic rings. The van der Waals surface area contributed by atoms with Crippen molar-refractivity contribution in [3.8, 4) is 5.69 Å². The van der Waals surface area contributed by atoms with Crippen LogP contribution in [0.5, 0.6) is 0 Å². The summed E-state index contributed by atoms with van der Waals surface area (Å²) in [6.45, 7) is 0. The predicted octanol–water partition coefficient (Wildman–Crippen LogP) is 4.79. The molecule has 0 radical (unpaired) electrons. The third kappa shape index (κ3) is 3.58. The molecule has 0 bridgehead atoms. The number of anilines is 1. The van der Waals surface area contributed by atoms with Crippen LogP contribution in [0, 0.1) is 11.7 Å². The predicted molar refractivity (Wildman–Crippen MR) is 134 cm³/mol. The Kier molecular flexibility index (Phi) is 5.09. The zero-order chi connectivity index (χ0) is 24.5. The van der Waals surface area contributed by atoms with E-state index in [0.717, 1.165) is 15.8 Å². The lowest BCUT2D eigenvalue weighted by Gasteiger charge is -2.31. The van der Waals surface area contributed by atoms with Crippen LogP contribution < -0.4 is 10.0 Å². The third-order valence-electron chi connectivity index (χ3n) is 7.09. The Labute approximate surface area is 210 Å². The number of hydrogen-bond donors (Lipinski definition) is 1. The van der Waals surface area contributed by atoms with E-state index in [-0.39, 0.29) is 18.1 Å². The molecule has 6 rings (SSSR count). The number of carbonyl (C=O) groups excluding carboxylic acids is 1. The molecule has 1 amide bonds. The Balaban J connectivity index is 1.44. The molecule has 1 aliphatic carbocycles. The molecule has 11 heteroatoms. The van der Waals surface area contributed by atoms with Crippen molar-refractivity contribution in [3.05, 3.63) is 75.8 Å². The number of primary sulfonamides is 1. The monoisotopic (exact) mass is 530 g/mol. The average molecular weight is 531 g/mol. The minimum atomic E-state index is -3.85. The van der Waals surface area contributed by atoms with Crippen molar-refractivity contribution < 1.29 is 17.6 Å². The van der Waals surface area contributed by atoms with Gasteiger partial charge < -0.3 is 4.90 Å². The van der Waals surface area contributed by atoms with Gasteiger partial charge in [-0.3, -0.25) is 4.79 Å². The summed E-state index contributed by atoms with van der Waals surface area (Å²) in [5.41, 5.74) is 2.15. The molecule has 1 aliphatic heterocycles. The van der Waals surface area contributed by atoms with Crippen LogP contribution in [0.3, 0.4) is 0 Å². The maximum atomic E-state index is 13.4. The van der Waals surface area contributed by atoms with Crippen molar-refractivity contribution in [2.24, 2.45) is 11.1 Å². The first-order valence-corrected chi connectivity index (χ1v) is 13.8. The summed E-state index contributed by atoms with van der Waals surface area (Å²) in [7, 11) is -3.85. The molecule has 1 saturated carbocycles. The summed E-state index contributed by atoms with van der Waals surface area (Å²) in [6.07, 6.45) is 2.65. The van der Waals surface area contributed by atoms with E-state index >= 15 is 0 Å². The molecule has 2 aromatic carbocycles. The van der Waals surface area contributed by atoms with Crippen molar-refractivity contribution >= 4 is 55.5 Å². The van der Waals surface area contributed by atoms with Crippen molar-refractivity contribution in [1.29, 1.82) is 0 Å². The normalized spacial score (nSPS) is 21.7. The van der Waals surface area contributed by atoms with Gasteiger partial charge in [-0.2, -0.15) is 5.10 Å². The van der Waals surface area contributed by atoms with E-state index in [1.807, 2.05) is 24.3 Å². The topological polar surface area (TPSA) is 98.3 Å². The van der Waals surface area contributed by atoms with E-state index in [9.17, 15) is 17.6 Å². The lowest BCUT2D eigenvalue weighted by atomic mass is 9.93. The summed E-state index contributed by atoms with van der Waals surface area (Å²) in [5.74, 6) is -0.968. The number of aromatic nitrogens is 2. The molecule has 35 heavy (non-hydrogen) atoms. The fourth-order valence-electron chi connectivity index (χ4n) is 5.27. The molecule has 180 valence electrons. The lowest BCUT2D eigenvalue weighted by molar-refractivity contribution is -0.117. The molecule has 2 fully saturated rings. The number of sulfonamides is 1. The molecule has 3 heterocycles. The summed E-state index contributed by atoms with van der Waals surface area (Å²) in [5, 5.41) is 10.9. The number of rotatable bonds is 5. The minimum absolute atomic E-state index is 0.0868. The standard InChI is InChI=1S/C24H20ClFN4O3S2/c25-21-8-7-20(34-21)23-18(24(9-10-24)35(27,32)33)12-22(31)29(23)17-5-6-19-14(11-17)13-28-30(19)16-3-1-15(26)2-4-16/h1-8,11,13,18,23H,9-10,12H2,(H2,27,32,33)/t18-,23-/m1/s1. The van der Waals surface area contributed by atoms with Crippen LogP contribution in [0.4, 0.5) is 10.1 Å². The second-order valence-corrected chi connectivity index (χ2v) is 12.7. The Morgan fingerprint density at radius 1 is 1.09 bits per heavy atom. The number of nitrogens with zero attached hydrogens (tertiary/aromatic N) is 3. The Hall–Kier alpha value is -2.79. The number of halogens is 2. The van der Waals surface area contributed by atoms with Gasteiger partial charge in [0.1, 0.15) is 5.82 Å². The Morgan fingerprint density at radius 3 is 2.43 bits per heavy atom. The highest BCUT2D eigenvalue weighted by atomic mass is 35.5. The van der Waals surface area contributed by atoms with Gasteiger partial charge in [-0.05, 0) is 67.4 Å². The Bertz CT molecular complexity index is 1580. The van der Waals surface area contributed by atoms with Gasteiger partial charge in [-0.25, -0.2) is 22.6 Å². The van der Waals surface area contributed by atoms with Gasteiger partial charge in [-0.1, -0.05) is 11.6 Å². The second-order valence-electron chi connectivity index (χ2n) is 9.05. The van der Waals surface area contributed by atoms with Crippen LogP contribution in [0.2, 0.25) is 4.34 Å². The summed E-state index contributed by atoms with van der Waals surface area (Å²) >= 11 is 7.56. The van der Waals surface area contributed by atoms with E-state index in [1.165, 1.54) is 23.5 Å². The molecule has 7 nitrogen and oxygen atoms in total. The molecule has 1 saturated heterocycles. The molecule has 2 aromatic heterocycles. The number of fused-ring (bicyclic) bond motifs is 1. The molecule has 0 spiro atoms. The summed E-state index contributed by atoms with van der Waals surface area (Å²) in [6, 6.07) is 14.7. The quantitative estimate of drug-likeness (QED) is 0.401. The maximum Gasteiger partial charge on any atom is 0.228 e. The van der Waals surface area contributed by atoms with Crippen LogP contribution in [-0.2, 0) is 14.8 Å². The lowest BCUT2D eigenvalue weighted by Crippen LogP contribution is -2.40. The summed E-state index contributed by atoms with van der Waals surface area (Å²) < 4.78 is 39.6. The van der Waals surface area contributed by atoms with Crippen LogP contribution in [0.25, 0.3) is 16.6 Å². The van der Waals surface area contributed by atoms with Crippen LogP contribution in [0.1, 0.15) is 30.2 Å². The van der Waals surface area contributed by atoms with Crippen LogP contribution in [0.15, 0.2) is 60.8 Å². The molecular weight excluding hydrogens is 511 g/mol. The number of thiophene rings is 1. The van der Waals surface area contributed by atoms with Gasteiger partial charge in [0.15, 0.2) is 0 Å². The first kappa shape index (κ1) is 22.7. The molecule has 2 atom stereocenters. The number of hydrogen-bond acceptors (Lipinski definition) is 5. The zero-order valence-corrected chi connectivity index (χ0v) is 20.7. The molecular formula is C24H20ClFN4O3S2. The number of carbonyl (C=O) groups is 1. The van der Waals surface area contributed by atoms with Crippen LogP contribution >= 0.6 is 22.9 Å². The van der Waals surface area contributed by atoms with E-state index in [4.69, 9.17) is 16.7 Å². The largest absolute Gasteiger partial charge is 0.304 e. The minimum Gasteiger partial charge on any atom is -0.304 e. The molecule has 2 N–H and O–H groups in total. The zero-order valence-electron chi connectivity index (χ0n) is 18.3. The van der Waals surface area contributed by atoms with Gasteiger partial charge in [0, 0.05) is 28.3 Å². The first-order chi connectivity index (χ1) is 16.7. The van der Waals surface area contributed by atoms with E-state index in [0.29, 0.717) is 28.6 Å². The van der Waals surface area contributed by atoms with Crippen molar-refractivity contribution in [3.63, 3.8) is 0 Å². The highest BCUT2D eigenvalue weighted by Crippen LogP contribution is 2.59. The van der Waals surface area contributed by atoms with Gasteiger partial charge in [0.25, 0.3) is 0 Å². The van der Waals surface area contributed by atoms with Gasteiger partial charge >= 0.3 is 0 Å². The summed E-state index contributed by atoms with van der Waals surface area (Å²) in [4.78, 5) is 15.9. The Morgan fingerprint density at radius 2 is 1.80 bits per heavy atom. The average Bonchev–Trinajstić information content (AvgIpc) is 3.18. The highest BCUT2D eigenvalue weighted by molar-refractivity contribution is 7.90. The van der Waals surface area contributed by atoms with Gasteiger partial charge in [-0.15, -0.1) is 11.3 Å². The van der Waals surface area contributed by atoms with Gasteiger partial charge in [0.05, 0.1) is 32.5 Å². The van der Waals surface area contributed by atoms with Crippen molar-refractivity contribution in [2.45, 2.75) is 30.1 Å². The van der Waals surface area contributed by atoms with Crippen molar-refractivity contribution in [1.82, 2.24) is 9.78 Å². The molecule has 2 aliphatic rings. The fourth-order valence-corrected chi connectivity index (χ4v) is 7.80. The SMILES string of the molecule is NS(=O)(=O)C1([C@@H]2CC(=O)N(c3ccc4c(cnn4-c4ccc(F)cc4)c3)[C@H]2c2ccc(Cl)s2)CC1. The molecule has 0 unspecified atom stereocenters. The van der Waals surface area contributed by atoms with E-state index in [1.54, 1.807) is 34.0 Å². The van der Waals surface area contributed by atoms with E-state index < -0.39 is 26.7 Å². The second kappa shape index (κ2) is 7.86. The first-order valence-electron chi connectivity index (χ1n) is 11.0. The smallest absolute Gasteiger partial charge is 0.228 e. The number of amides is 1. The van der Waals surface area contributed by atoms with Crippen LogP contribution in [-0.4, -0.2) is 28.9 Å². The third-order valence-corrected chi connectivity index (χ3v) is 10.2. The fraction of sp³-hybridized carbons (Fsp3) is 0.250. The van der Waals surface area contributed by atoms with Crippen molar-refractivity contribution in [2.75, 3.05) is 4.90 Å². The highest BCUT2D eigenvalue weighted by Gasteiger charge is 2.64. The van der Waals surface area contributed by atoms with Gasteiger partial charge in [0.2, 0.25) is 15.9 Å². The number of nitrogens with two attached hydrogens (primary N) is 1. The van der Waals surface area contributed by atoms with E-state index in [2.05, 4.69) is 5.10 Å². The number of benzene rings is 2.